The number of carbonyl (C=O) groups excluding carboxylic acids is 2. The molecule has 0 atom stereocenters. The molecule has 0 bridgehead atoms. The van der Waals surface area contributed by atoms with Crippen LogP contribution in [0.15, 0.2) is 23.3 Å². The van der Waals surface area contributed by atoms with Gasteiger partial charge in [0.1, 0.15) is 0 Å². The summed E-state index contributed by atoms with van der Waals surface area (Å²) in [6.45, 7) is 0. The molecule has 0 aliphatic heterocycles. The number of anilines is 1. The van der Waals surface area contributed by atoms with Gasteiger partial charge >= 0.3 is 11.8 Å². The minimum absolute atomic E-state index is 0.359. The fourth-order valence-corrected chi connectivity index (χ4v) is 2.59. The Balaban J connectivity index is 1.91. The van der Waals surface area contributed by atoms with Gasteiger partial charge in [-0.25, -0.2) is 5.43 Å². The van der Waals surface area contributed by atoms with Crippen molar-refractivity contribution in [2.24, 2.45) is 5.10 Å². The van der Waals surface area contributed by atoms with Crippen LogP contribution in [0.4, 0.5) is 5.69 Å². The lowest BCUT2D eigenvalue weighted by molar-refractivity contribution is -0.136. The van der Waals surface area contributed by atoms with Crippen LogP contribution in [0.2, 0.25) is 10.0 Å². The molecule has 0 aromatic heterocycles. The smallest absolute Gasteiger partial charge is 0.318 e. The molecule has 1 saturated carbocycles. The Morgan fingerprint density at radius 1 is 0.952 bits per heavy atom. The highest BCUT2D eigenvalue weighted by Crippen LogP contribution is 2.22. The van der Waals surface area contributed by atoms with Crippen LogP contribution in [-0.2, 0) is 9.59 Å². The molecule has 0 spiro atoms. The van der Waals surface area contributed by atoms with E-state index >= 15 is 0 Å². The van der Waals surface area contributed by atoms with Crippen LogP contribution in [0.1, 0.15) is 32.1 Å². The maximum absolute atomic E-state index is 11.7. The summed E-state index contributed by atoms with van der Waals surface area (Å²) in [5, 5.41) is 7.16. The molecule has 112 valence electrons. The number of nitrogens with one attached hydrogen (secondary N) is 2. The Bertz CT molecular complexity index is 559. The van der Waals surface area contributed by atoms with Gasteiger partial charge in [0.2, 0.25) is 0 Å². The average Bonchev–Trinajstić information content (AvgIpc) is 2.44. The number of benzene rings is 1. The molecule has 1 aromatic carbocycles. The third kappa shape index (κ3) is 5.02. The lowest BCUT2D eigenvalue weighted by atomic mass is 9.99. The number of rotatable bonds is 2. The van der Waals surface area contributed by atoms with Crippen LogP contribution in [0.5, 0.6) is 0 Å². The van der Waals surface area contributed by atoms with E-state index in [9.17, 15) is 9.59 Å². The molecule has 21 heavy (non-hydrogen) atoms. The first-order chi connectivity index (χ1) is 10.0. The molecule has 2 N–H and O–H groups in total. The van der Waals surface area contributed by atoms with E-state index < -0.39 is 11.8 Å². The summed E-state index contributed by atoms with van der Waals surface area (Å²) in [6, 6.07) is 4.55. The van der Waals surface area contributed by atoms with Crippen molar-refractivity contribution in [3.05, 3.63) is 28.2 Å². The maximum atomic E-state index is 11.7. The Morgan fingerprint density at radius 2 is 1.57 bits per heavy atom. The lowest BCUT2D eigenvalue weighted by Gasteiger charge is -2.12. The van der Waals surface area contributed by atoms with Crippen molar-refractivity contribution < 1.29 is 9.59 Å². The predicted octanol–water partition coefficient (Wildman–Crippen LogP) is 3.37. The summed E-state index contributed by atoms with van der Waals surface area (Å²) in [6.07, 6.45) is 5.06. The highest BCUT2D eigenvalue weighted by molar-refractivity contribution is 6.40. The van der Waals surface area contributed by atoms with Gasteiger partial charge in [0, 0.05) is 21.4 Å². The van der Waals surface area contributed by atoms with Crippen LogP contribution in [-0.4, -0.2) is 17.5 Å². The van der Waals surface area contributed by atoms with E-state index in [1.165, 1.54) is 24.6 Å². The van der Waals surface area contributed by atoms with E-state index in [-0.39, 0.29) is 0 Å². The van der Waals surface area contributed by atoms with Crippen LogP contribution < -0.4 is 10.7 Å². The number of hydrogen-bond acceptors (Lipinski definition) is 3. The van der Waals surface area contributed by atoms with E-state index in [0.29, 0.717) is 15.7 Å². The molecule has 1 aromatic rings. The largest absolute Gasteiger partial charge is 0.329 e. The van der Waals surface area contributed by atoms with Crippen molar-refractivity contribution in [1.82, 2.24) is 5.43 Å². The first kappa shape index (κ1) is 15.8. The second kappa shape index (κ2) is 7.43. The number of hydrazone groups is 1. The van der Waals surface area contributed by atoms with Gasteiger partial charge in [-0.1, -0.05) is 29.6 Å². The summed E-state index contributed by atoms with van der Waals surface area (Å²) in [7, 11) is 0. The first-order valence-corrected chi connectivity index (χ1v) is 7.43. The van der Waals surface area contributed by atoms with Crippen LogP contribution in [0.3, 0.4) is 0 Å². The highest BCUT2D eigenvalue weighted by Gasteiger charge is 2.14. The van der Waals surface area contributed by atoms with Crippen molar-refractivity contribution in [3.63, 3.8) is 0 Å². The molecule has 1 aliphatic carbocycles. The fraction of sp³-hybridized carbons (Fsp3) is 0.357. The highest BCUT2D eigenvalue weighted by atomic mass is 35.5. The van der Waals surface area contributed by atoms with Crippen molar-refractivity contribution in [2.75, 3.05) is 5.32 Å². The van der Waals surface area contributed by atoms with Crippen LogP contribution >= 0.6 is 23.2 Å². The molecule has 5 nitrogen and oxygen atoms in total. The molecule has 2 amide bonds. The Hall–Kier alpha value is -1.59. The topological polar surface area (TPSA) is 70.6 Å². The predicted molar refractivity (Wildman–Crippen MR) is 83.8 cm³/mol. The molecule has 0 radical (unpaired) electrons. The van der Waals surface area contributed by atoms with E-state index in [2.05, 4.69) is 15.8 Å². The van der Waals surface area contributed by atoms with Gasteiger partial charge in [-0.15, -0.1) is 0 Å². The monoisotopic (exact) mass is 327 g/mol. The third-order valence-electron chi connectivity index (χ3n) is 3.07. The van der Waals surface area contributed by atoms with Crippen molar-refractivity contribution in [1.29, 1.82) is 0 Å². The number of hydrogen-bond donors (Lipinski definition) is 2. The molecule has 7 heteroatoms. The standard InChI is InChI=1S/C14H15Cl2N3O2/c15-9-6-10(16)8-12(7-9)17-13(20)14(21)19-18-11-4-2-1-3-5-11/h6-8H,1-5H2,(H,17,20)(H,19,21). The molecule has 2 rings (SSSR count). The van der Waals surface area contributed by atoms with Crippen LogP contribution in [0, 0.1) is 0 Å². The van der Waals surface area contributed by atoms with E-state index in [0.717, 1.165) is 31.4 Å². The van der Waals surface area contributed by atoms with Gasteiger partial charge in [0.15, 0.2) is 0 Å². The second-order valence-corrected chi connectivity index (χ2v) is 5.66. The molecular weight excluding hydrogens is 313 g/mol. The number of carbonyl (C=O) groups is 2. The fourth-order valence-electron chi connectivity index (χ4n) is 2.07. The maximum Gasteiger partial charge on any atom is 0.329 e. The zero-order valence-electron chi connectivity index (χ0n) is 11.3. The summed E-state index contributed by atoms with van der Waals surface area (Å²) in [4.78, 5) is 23.4. The van der Waals surface area contributed by atoms with E-state index in [4.69, 9.17) is 23.2 Å². The second-order valence-electron chi connectivity index (χ2n) is 4.79. The quantitative estimate of drug-likeness (QED) is 0.645. The Morgan fingerprint density at radius 3 is 2.19 bits per heavy atom. The average molecular weight is 328 g/mol. The Kier molecular flexibility index (Phi) is 5.59. The molecule has 0 unspecified atom stereocenters. The lowest BCUT2D eigenvalue weighted by Crippen LogP contribution is -2.33. The first-order valence-electron chi connectivity index (χ1n) is 6.67. The van der Waals surface area contributed by atoms with Gasteiger partial charge in [-0.3, -0.25) is 9.59 Å². The molecule has 0 saturated heterocycles. The Labute approximate surface area is 132 Å². The molecule has 1 aliphatic rings. The van der Waals surface area contributed by atoms with E-state index in [1.54, 1.807) is 0 Å². The zero-order valence-corrected chi connectivity index (χ0v) is 12.8. The SMILES string of the molecule is O=C(NN=C1CCCCC1)C(=O)Nc1cc(Cl)cc(Cl)c1. The van der Waals surface area contributed by atoms with Crippen LogP contribution in [0.25, 0.3) is 0 Å². The summed E-state index contributed by atoms with van der Waals surface area (Å²) in [5.74, 6) is -1.63. The number of amides is 2. The molecular formula is C14H15Cl2N3O2. The zero-order chi connectivity index (χ0) is 15.2. The third-order valence-corrected chi connectivity index (χ3v) is 3.51. The van der Waals surface area contributed by atoms with Gasteiger partial charge in [-0.05, 0) is 43.9 Å². The summed E-state index contributed by atoms with van der Waals surface area (Å²) >= 11 is 11.6. The summed E-state index contributed by atoms with van der Waals surface area (Å²) in [5.41, 5.74) is 3.56. The van der Waals surface area contributed by atoms with Gasteiger partial charge in [0.25, 0.3) is 0 Å². The van der Waals surface area contributed by atoms with Gasteiger partial charge in [-0.2, -0.15) is 5.10 Å². The van der Waals surface area contributed by atoms with Crippen molar-refractivity contribution >= 4 is 46.4 Å². The number of halogens is 2. The van der Waals surface area contributed by atoms with E-state index in [1.807, 2.05) is 0 Å². The summed E-state index contributed by atoms with van der Waals surface area (Å²) < 4.78 is 0. The number of nitrogens with zero attached hydrogens (tertiary/aromatic N) is 1. The van der Waals surface area contributed by atoms with Crippen molar-refractivity contribution in [2.45, 2.75) is 32.1 Å². The minimum atomic E-state index is -0.816. The van der Waals surface area contributed by atoms with Gasteiger partial charge < -0.3 is 5.32 Å². The molecule has 1 fully saturated rings. The molecule has 0 heterocycles. The van der Waals surface area contributed by atoms with Crippen molar-refractivity contribution in [3.8, 4) is 0 Å². The normalized spacial score (nSPS) is 14.5. The minimum Gasteiger partial charge on any atom is -0.318 e. The van der Waals surface area contributed by atoms with Gasteiger partial charge in [0.05, 0.1) is 0 Å².